The van der Waals surface area contributed by atoms with E-state index in [1.807, 2.05) is 32.0 Å². The Hall–Kier alpha value is -2.99. The standard InChI is InChI=1S/C22H27F3N8O/c1-13-4-3-5-17(26-13)28-20-19-18(14(2)31-33(19)8-9-34-12-22(23,24)25)29-21(30-20)32-10-15-6-7-16(11-32)27-15/h3-5,15-16,27H,6-12H2,1-2H3,(H,26,28,29,30). The number of alkyl halides is 3. The van der Waals surface area contributed by atoms with Gasteiger partial charge in [0.2, 0.25) is 5.95 Å². The lowest BCUT2D eigenvalue weighted by Crippen LogP contribution is -2.51. The Balaban J connectivity index is 1.50. The number of anilines is 3. The maximum Gasteiger partial charge on any atom is 0.411 e. The van der Waals surface area contributed by atoms with Gasteiger partial charge in [-0.1, -0.05) is 6.07 Å². The quantitative estimate of drug-likeness (QED) is 0.503. The third-order valence-corrected chi connectivity index (χ3v) is 6.09. The topological polar surface area (TPSA) is 93.0 Å². The number of pyridine rings is 1. The van der Waals surface area contributed by atoms with Crippen LogP contribution in [-0.4, -0.2) is 69.3 Å². The minimum Gasteiger partial charge on any atom is -0.370 e. The molecule has 2 fully saturated rings. The zero-order chi connectivity index (χ0) is 23.9. The van der Waals surface area contributed by atoms with Crippen molar-refractivity contribution >= 4 is 28.6 Å². The summed E-state index contributed by atoms with van der Waals surface area (Å²) >= 11 is 0. The number of aryl methyl sites for hydroxylation is 2. The summed E-state index contributed by atoms with van der Waals surface area (Å²) in [4.78, 5) is 16.4. The van der Waals surface area contributed by atoms with Gasteiger partial charge in [-0.25, -0.2) is 9.97 Å². The fraction of sp³-hybridized carbons (Fsp3) is 0.545. The van der Waals surface area contributed by atoms with E-state index in [1.54, 1.807) is 4.68 Å². The van der Waals surface area contributed by atoms with Gasteiger partial charge in [0.1, 0.15) is 23.5 Å². The third-order valence-electron chi connectivity index (χ3n) is 6.09. The van der Waals surface area contributed by atoms with Gasteiger partial charge in [0, 0.05) is 30.9 Å². The van der Waals surface area contributed by atoms with Gasteiger partial charge in [0.05, 0.1) is 18.8 Å². The number of hydrogen-bond acceptors (Lipinski definition) is 8. The molecule has 5 rings (SSSR count). The first kappa shape index (κ1) is 22.8. The van der Waals surface area contributed by atoms with Crippen molar-refractivity contribution in [1.82, 2.24) is 30.0 Å². The van der Waals surface area contributed by atoms with Gasteiger partial charge in [-0.15, -0.1) is 0 Å². The number of aromatic nitrogens is 5. The summed E-state index contributed by atoms with van der Waals surface area (Å²) in [6, 6.07) is 6.47. The summed E-state index contributed by atoms with van der Waals surface area (Å²) in [6.07, 6.45) is -2.10. The maximum absolute atomic E-state index is 12.5. The number of hydrogen-bond donors (Lipinski definition) is 2. The molecular weight excluding hydrogens is 449 g/mol. The SMILES string of the molecule is Cc1cccc(Nc2nc(N3CC4CCC(C3)N4)nc3c(C)nn(CCOCC(F)(F)F)c23)n1. The molecule has 0 aliphatic carbocycles. The van der Waals surface area contributed by atoms with Crippen molar-refractivity contribution in [1.29, 1.82) is 0 Å². The van der Waals surface area contributed by atoms with Crippen LogP contribution >= 0.6 is 0 Å². The lowest BCUT2D eigenvalue weighted by molar-refractivity contribution is -0.174. The molecule has 2 N–H and O–H groups in total. The molecule has 0 spiro atoms. The predicted molar refractivity (Wildman–Crippen MR) is 121 cm³/mol. The molecule has 12 heteroatoms. The van der Waals surface area contributed by atoms with Crippen LogP contribution in [0.15, 0.2) is 18.2 Å². The lowest BCUT2D eigenvalue weighted by atomic mass is 10.2. The molecule has 2 aliphatic heterocycles. The van der Waals surface area contributed by atoms with Crippen molar-refractivity contribution in [2.24, 2.45) is 0 Å². The van der Waals surface area contributed by atoms with Gasteiger partial charge in [0.25, 0.3) is 0 Å². The number of fused-ring (bicyclic) bond motifs is 3. The second-order valence-corrected chi connectivity index (χ2v) is 8.88. The van der Waals surface area contributed by atoms with E-state index in [9.17, 15) is 13.2 Å². The molecule has 2 aliphatic rings. The average molecular weight is 477 g/mol. The predicted octanol–water partition coefficient (Wildman–Crippen LogP) is 3.10. The summed E-state index contributed by atoms with van der Waals surface area (Å²) in [5.41, 5.74) is 2.78. The molecular formula is C22H27F3N8O. The van der Waals surface area contributed by atoms with E-state index in [0.29, 0.717) is 46.4 Å². The van der Waals surface area contributed by atoms with Crippen molar-refractivity contribution in [2.75, 3.05) is 36.5 Å². The molecule has 5 heterocycles. The van der Waals surface area contributed by atoms with E-state index in [0.717, 1.165) is 31.6 Å². The third kappa shape index (κ3) is 4.92. The zero-order valence-corrected chi connectivity index (χ0v) is 19.1. The van der Waals surface area contributed by atoms with Crippen LogP contribution in [0, 0.1) is 13.8 Å². The highest BCUT2D eigenvalue weighted by atomic mass is 19.4. The van der Waals surface area contributed by atoms with Gasteiger partial charge in [-0.3, -0.25) is 4.68 Å². The molecule has 2 atom stereocenters. The van der Waals surface area contributed by atoms with Crippen LogP contribution < -0.4 is 15.5 Å². The Morgan fingerprint density at radius 2 is 1.88 bits per heavy atom. The van der Waals surface area contributed by atoms with Crippen molar-refractivity contribution < 1.29 is 17.9 Å². The summed E-state index contributed by atoms with van der Waals surface area (Å²) in [7, 11) is 0. The Labute approximate surface area is 194 Å². The highest BCUT2D eigenvalue weighted by Crippen LogP contribution is 2.30. The number of rotatable bonds is 7. The van der Waals surface area contributed by atoms with Crippen molar-refractivity contribution in [3.63, 3.8) is 0 Å². The van der Waals surface area contributed by atoms with Gasteiger partial charge in [-0.2, -0.15) is 23.3 Å². The van der Waals surface area contributed by atoms with E-state index >= 15 is 0 Å². The number of ether oxygens (including phenoxy) is 1. The molecule has 3 aromatic rings. The normalized spacial score (nSPS) is 20.3. The minimum absolute atomic E-state index is 0.136. The molecule has 182 valence electrons. The summed E-state index contributed by atoms with van der Waals surface area (Å²) in [5, 5.41) is 11.4. The van der Waals surface area contributed by atoms with Crippen LogP contribution in [-0.2, 0) is 11.3 Å². The first-order valence-electron chi connectivity index (χ1n) is 11.4. The first-order chi connectivity index (χ1) is 16.2. The van der Waals surface area contributed by atoms with Crippen LogP contribution in [0.5, 0.6) is 0 Å². The van der Waals surface area contributed by atoms with E-state index in [-0.39, 0.29) is 13.2 Å². The summed E-state index contributed by atoms with van der Waals surface area (Å²) in [6.45, 7) is 4.08. The largest absolute Gasteiger partial charge is 0.411 e. The van der Waals surface area contributed by atoms with Crippen molar-refractivity contribution in [3.05, 3.63) is 29.6 Å². The molecule has 0 saturated carbocycles. The number of nitrogens with one attached hydrogen (secondary N) is 2. The maximum atomic E-state index is 12.5. The van der Waals surface area contributed by atoms with Crippen LogP contribution in [0.25, 0.3) is 11.0 Å². The van der Waals surface area contributed by atoms with Crippen LogP contribution in [0.2, 0.25) is 0 Å². The van der Waals surface area contributed by atoms with E-state index < -0.39 is 12.8 Å². The minimum atomic E-state index is -4.37. The molecule has 2 saturated heterocycles. The second-order valence-electron chi connectivity index (χ2n) is 8.88. The highest BCUT2D eigenvalue weighted by Gasteiger charge is 2.34. The fourth-order valence-corrected chi connectivity index (χ4v) is 4.64. The number of piperazine rings is 1. The van der Waals surface area contributed by atoms with Crippen molar-refractivity contribution in [2.45, 2.75) is 51.5 Å². The second kappa shape index (κ2) is 8.99. The van der Waals surface area contributed by atoms with Gasteiger partial charge in [-0.05, 0) is 38.8 Å². The van der Waals surface area contributed by atoms with Gasteiger partial charge >= 0.3 is 6.18 Å². The number of nitrogens with zero attached hydrogens (tertiary/aromatic N) is 6. The smallest absolute Gasteiger partial charge is 0.370 e. The van der Waals surface area contributed by atoms with Crippen LogP contribution in [0.4, 0.5) is 30.8 Å². The fourth-order valence-electron chi connectivity index (χ4n) is 4.64. The van der Waals surface area contributed by atoms with Gasteiger partial charge in [0.15, 0.2) is 5.82 Å². The summed E-state index contributed by atoms with van der Waals surface area (Å²) in [5.74, 6) is 1.74. The van der Waals surface area contributed by atoms with Gasteiger partial charge < -0.3 is 20.3 Å². The Morgan fingerprint density at radius 1 is 1.12 bits per heavy atom. The molecule has 34 heavy (non-hydrogen) atoms. The lowest BCUT2D eigenvalue weighted by Gasteiger charge is -2.33. The molecule has 0 aromatic carbocycles. The van der Waals surface area contributed by atoms with Crippen LogP contribution in [0.1, 0.15) is 24.2 Å². The number of halogens is 3. The molecule has 0 radical (unpaired) electrons. The van der Waals surface area contributed by atoms with Crippen molar-refractivity contribution in [3.8, 4) is 0 Å². The highest BCUT2D eigenvalue weighted by molar-refractivity contribution is 5.90. The Morgan fingerprint density at radius 3 is 2.59 bits per heavy atom. The first-order valence-corrected chi connectivity index (χ1v) is 11.4. The summed E-state index contributed by atoms with van der Waals surface area (Å²) < 4.78 is 43.8. The zero-order valence-electron chi connectivity index (χ0n) is 19.1. The molecule has 3 aromatic heterocycles. The molecule has 0 amide bonds. The Bertz CT molecular complexity index is 1170. The molecule has 2 bridgehead atoms. The molecule has 9 nitrogen and oxygen atoms in total. The van der Waals surface area contributed by atoms with E-state index in [1.165, 1.54) is 0 Å². The average Bonchev–Trinajstić information content (AvgIpc) is 3.28. The van der Waals surface area contributed by atoms with E-state index in [4.69, 9.17) is 14.7 Å². The van der Waals surface area contributed by atoms with Crippen LogP contribution in [0.3, 0.4) is 0 Å². The molecule has 2 unspecified atom stereocenters. The Kier molecular flexibility index (Phi) is 6.02. The van der Waals surface area contributed by atoms with E-state index in [2.05, 4.69) is 25.6 Å². The monoisotopic (exact) mass is 476 g/mol.